The highest BCUT2D eigenvalue weighted by Gasteiger charge is 2.53. The molecular weight excluding hydrogens is 395 g/mol. The minimum atomic E-state index is -3.42. The van der Waals surface area contributed by atoms with Crippen molar-refractivity contribution in [3.63, 3.8) is 0 Å². The Bertz CT molecular complexity index is 1190. The lowest BCUT2D eigenvalue weighted by Crippen LogP contribution is -2.41. The van der Waals surface area contributed by atoms with Gasteiger partial charge in [-0.25, -0.2) is 8.42 Å². The molecule has 0 N–H and O–H groups in total. The Balaban J connectivity index is 1.42. The minimum absolute atomic E-state index is 0.158. The van der Waals surface area contributed by atoms with E-state index in [4.69, 9.17) is 9.31 Å². The van der Waals surface area contributed by atoms with Crippen molar-refractivity contribution in [3.05, 3.63) is 66.3 Å². The summed E-state index contributed by atoms with van der Waals surface area (Å²) in [5, 5.41) is 0. The summed E-state index contributed by atoms with van der Waals surface area (Å²) in [7, 11) is -3.69. The molecule has 0 radical (unpaired) electrons. The maximum Gasteiger partial charge on any atom is 0.465 e. The van der Waals surface area contributed by atoms with E-state index in [2.05, 4.69) is 45.9 Å². The second kappa shape index (κ2) is 6.43. The predicted molar refractivity (Wildman–Crippen MR) is 119 cm³/mol. The number of hydrogen-bond donors (Lipinski definition) is 0. The molecule has 0 saturated carbocycles. The van der Waals surface area contributed by atoms with Gasteiger partial charge < -0.3 is 9.31 Å². The highest BCUT2D eigenvalue weighted by molar-refractivity contribution is 7.92. The van der Waals surface area contributed by atoms with Crippen LogP contribution in [0.2, 0.25) is 5.82 Å². The first-order valence-electron chi connectivity index (χ1n) is 10.3. The Morgan fingerprint density at radius 3 is 2.27 bits per heavy atom. The molecule has 1 unspecified atom stereocenters. The zero-order chi connectivity index (χ0) is 21.3. The van der Waals surface area contributed by atoms with E-state index >= 15 is 0 Å². The normalized spacial score (nSPS) is 25.0. The molecule has 154 valence electrons. The van der Waals surface area contributed by atoms with Crippen LogP contribution >= 0.6 is 0 Å². The summed E-state index contributed by atoms with van der Waals surface area (Å²) in [6.45, 7) is 8.27. The fourth-order valence-corrected chi connectivity index (χ4v) is 5.98. The van der Waals surface area contributed by atoms with E-state index in [1.807, 2.05) is 24.3 Å². The molecule has 3 aliphatic rings. The molecule has 2 aromatic rings. The Morgan fingerprint density at radius 2 is 1.60 bits per heavy atom. The summed E-state index contributed by atoms with van der Waals surface area (Å²) in [6, 6.07) is 12.8. The molecule has 0 amide bonds. The van der Waals surface area contributed by atoms with E-state index in [0.717, 1.165) is 28.7 Å². The topological polar surface area (TPSA) is 52.6 Å². The third-order valence-corrected chi connectivity index (χ3v) is 8.69. The Morgan fingerprint density at radius 1 is 0.933 bits per heavy atom. The monoisotopic (exact) mass is 420 g/mol. The number of fused-ring (bicyclic) bond motifs is 3. The van der Waals surface area contributed by atoms with Crippen molar-refractivity contribution in [2.75, 3.05) is 0 Å². The number of benzene rings is 2. The molecule has 0 bridgehead atoms. The van der Waals surface area contributed by atoms with Crippen molar-refractivity contribution in [2.45, 2.75) is 60.9 Å². The fourth-order valence-electron chi connectivity index (χ4n) is 4.31. The van der Waals surface area contributed by atoms with Gasteiger partial charge >= 0.3 is 7.12 Å². The van der Waals surface area contributed by atoms with Crippen LogP contribution in [0.25, 0.3) is 16.7 Å². The van der Waals surface area contributed by atoms with E-state index in [-0.39, 0.29) is 24.1 Å². The Kier molecular flexibility index (Phi) is 4.24. The average Bonchev–Trinajstić information content (AvgIpc) is 3.08. The molecule has 5 rings (SSSR count). The number of rotatable bonds is 2. The molecular formula is C24H25BO4S. The zero-order valence-corrected chi connectivity index (χ0v) is 18.5. The third-order valence-electron chi connectivity index (χ3n) is 6.82. The van der Waals surface area contributed by atoms with Gasteiger partial charge in [0.05, 0.1) is 21.0 Å². The first-order valence-corrected chi connectivity index (χ1v) is 11.8. The van der Waals surface area contributed by atoms with Crippen molar-refractivity contribution in [1.29, 1.82) is 0 Å². The molecule has 2 aromatic carbocycles. The molecule has 0 spiro atoms. The fraction of sp³-hybridized carbons (Fsp3) is 0.333. The summed E-state index contributed by atoms with van der Waals surface area (Å²) >= 11 is 0. The van der Waals surface area contributed by atoms with Crippen LogP contribution < -0.4 is 0 Å². The van der Waals surface area contributed by atoms with Crippen LogP contribution in [0.15, 0.2) is 70.5 Å². The van der Waals surface area contributed by atoms with E-state index in [0.29, 0.717) is 9.79 Å². The van der Waals surface area contributed by atoms with Crippen LogP contribution in [-0.4, -0.2) is 26.7 Å². The second-order valence-electron chi connectivity index (χ2n) is 9.25. The first kappa shape index (κ1) is 19.8. The predicted octanol–water partition coefficient (Wildman–Crippen LogP) is 5.31. The van der Waals surface area contributed by atoms with Crippen LogP contribution in [0.4, 0.5) is 0 Å². The number of sulfone groups is 1. The lowest BCUT2D eigenvalue weighted by Gasteiger charge is -2.32. The summed E-state index contributed by atoms with van der Waals surface area (Å²) in [4.78, 5) is 0.786. The number of hydrogen-bond acceptors (Lipinski definition) is 4. The molecule has 1 aliphatic carbocycles. The molecule has 4 nitrogen and oxygen atoms in total. The van der Waals surface area contributed by atoms with Crippen molar-refractivity contribution in [1.82, 2.24) is 0 Å². The molecule has 6 heteroatoms. The molecule has 0 aromatic heterocycles. The summed E-state index contributed by atoms with van der Waals surface area (Å²) in [5.74, 6) is 0.158. The van der Waals surface area contributed by atoms with Gasteiger partial charge in [-0.2, -0.15) is 0 Å². The SMILES string of the molecule is CC1(C)OB(C2C=CC(c3ccc4c(c3)-c3ccccc3S4(=O)=O)=CC2)OC1(C)C. The molecule has 1 atom stereocenters. The van der Waals surface area contributed by atoms with Crippen LogP contribution in [0.5, 0.6) is 0 Å². The zero-order valence-electron chi connectivity index (χ0n) is 17.7. The lowest BCUT2D eigenvalue weighted by atomic mass is 9.68. The van der Waals surface area contributed by atoms with E-state index in [1.165, 1.54) is 0 Å². The van der Waals surface area contributed by atoms with Gasteiger partial charge in [0.15, 0.2) is 0 Å². The van der Waals surface area contributed by atoms with Crippen LogP contribution in [-0.2, 0) is 19.1 Å². The molecule has 1 fully saturated rings. The standard InChI is InChI=1S/C24H25BO4S/c1-23(2)24(3,4)29-25(28-23)18-12-9-16(10-13-18)17-11-14-22-20(15-17)19-7-5-6-8-21(19)30(22,26)27/h5-12,14-15,18H,13H2,1-4H3. The Hall–Kier alpha value is -2.15. The molecule has 2 heterocycles. The largest absolute Gasteiger partial charge is 0.465 e. The van der Waals surface area contributed by atoms with E-state index < -0.39 is 9.84 Å². The molecule has 2 aliphatic heterocycles. The quantitative estimate of drug-likeness (QED) is 0.528. The molecule has 1 saturated heterocycles. The van der Waals surface area contributed by atoms with Crippen molar-refractivity contribution >= 4 is 22.5 Å². The first-order chi connectivity index (χ1) is 14.1. The van der Waals surface area contributed by atoms with E-state index in [1.54, 1.807) is 18.2 Å². The van der Waals surface area contributed by atoms with Gasteiger partial charge in [-0.05, 0) is 63.5 Å². The third kappa shape index (κ3) is 2.85. The summed E-state index contributed by atoms with van der Waals surface area (Å²) in [5.41, 5.74) is 3.00. The van der Waals surface area contributed by atoms with Gasteiger partial charge in [0, 0.05) is 16.9 Å². The van der Waals surface area contributed by atoms with Crippen molar-refractivity contribution < 1.29 is 17.7 Å². The maximum atomic E-state index is 12.8. The van der Waals surface area contributed by atoms with Gasteiger partial charge in [0.25, 0.3) is 0 Å². The second-order valence-corrected chi connectivity index (χ2v) is 11.1. The van der Waals surface area contributed by atoms with Crippen LogP contribution in [0.1, 0.15) is 39.7 Å². The average molecular weight is 420 g/mol. The van der Waals surface area contributed by atoms with Crippen LogP contribution in [0.3, 0.4) is 0 Å². The van der Waals surface area contributed by atoms with Gasteiger partial charge in [-0.15, -0.1) is 0 Å². The highest BCUT2D eigenvalue weighted by atomic mass is 32.2. The maximum absolute atomic E-state index is 12.8. The number of allylic oxidation sites excluding steroid dienone is 4. The van der Waals surface area contributed by atoms with E-state index in [9.17, 15) is 8.42 Å². The smallest absolute Gasteiger partial charge is 0.403 e. The van der Waals surface area contributed by atoms with Crippen molar-refractivity contribution in [2.24, 2.45) is 0 Å². The highest BCUT2D eigenvalue weighted by Crippen LogP contribution is 2.45. The van der Waals surface area contributed by atoms with Gasteiger partial charge in [0.1, 0.15) is 0 Å². The minimum Gasteiger partial charge on any atom is -0.403 e. The molecule has 30 heavy (non-hydrogen) atoms. The van der Waals surface area contributed by atoms with Gasteiger partial charge in [0.2, 0.25) is 9.84 Å². The van der Waals surface area contributed by atoms with Gasteiger partial charge in [-0.1, -0.05) is 42.5 Å². The van der Waals surface area contributed by atoms with Gasteiger partial charge in [-0.3, -0.25) is 0 Å². The lowest BCUT2D eigenvalue weighted by molar-refractivity contribution is 0.00578. The summed E-state index contributed by atoms with van der Waals surface area (Å²) < 4.78 is 38.0. The Labute approximate surface area is 178 Å². The van der Waals surface area contributed by atoms with Crippen LogP contribution in [0, 0.1) is 0 Å². The summed E-state index contributed by atoms with van der Waals surface area (Å²) in [6.07, 6.45) is 7.24. The van der Waals surface area contributed by atoms with Crippen molar-refractivity contribution in [3.8, 4) is 11.1 Å².